The van der Waals surface area contributed by atoms with Crippen molar-refractivity contribution in [3.05, 3.63) is 17.7 Å². The smallest absolute Gasteiger partial charge is 0.347 e. The van der Waals surface area contributed by atoms with Crippen LogP contribution in [0, 0.1) is 0 Å². The fourth-order valence-corrected chi connectivity index (χ4v) is 3.15. The fraction of sp³-hybridized carbons (Fsp3) is 0.588. The molecule has 1 saturated heterocycles. The van der Waals surface area contributed by atoms with Crippen LogP contribution in [0.2, 0.25) is 0 Å². The highest BCUT2D eigenvalue weighted by atomic mass is 16.6. The van der Waals surface area contributed by atoms with Crippen molar-refractivity contribution in [2.75, 3.05) is 52.3 Å². The van der Waals surface area contributed by atoms with Gasteiger partial charge in [-0.2, -0.15) is 0 Å². The molecule has 0 aromatic heterocycles. The lowest BCUT2D eigenvalue weighted by molar-refractivity contribution is -0.149. The molecule has 0 bridgehead atoms. The normalized spacial score (nSPS) is 21.3. The van der Waals surface area contributed by atoms with E-state index in [1.165, 1.54) is 7.11 Å². The molecule has 0 aliphatic carbocycles. The van der Waals surface area contributed by atoms with E-state index >= 15 is 0 Å². The summed E-state index contributed by atoms with van der Waals surface area (Å²) in [6.45, 7) is 3.88. The molecule has 3 rings (SSSR count). The molecule has 1 fully saturated rings. The van der Waals surface area contributed by atoms with Crippen molar-refractivity contribution in [3.63, 3.8) is 0 Å². The Balaban J connectivity index is 1.93. The van der Waals surface area contributed by atoms with Crippen LogP contribution in [-0.4, -0.2) is 64.4 Å². The Kier molecular flexibility index (Phi) is 4.61. The van der Waals surface area contributed by atoms with Gasteiger partial charge in [-0.05, 0) is 26.0 Å². The van der Waals surface area contributed by atoms with Crippen LogP contribution < -0.4 is 14.4 Å². The highest BCUT2D eigenvalue weighted by Crippen LogP contribution is 2.41. The largest absolute Gasteiger partial charge is 0.497 e. The second kappa shape index (κ2) is 6.66. The highest BCUT2D eigenvalue weighted by molar-refractivity contribution is 5.77. The first-order chi connectivity index (χ1) is 11.1. The third kappa shape index (κ3) is 3.22. The number of methoxy groups -OCH3 is 2. The number of esters is 1. The maximum Gasteiger partial charge on any atom is 0.347 e. The maximum absolute atomic E-state index is 11.8. The molecule has 1 aromatic carbocycles. The number of benzene rings is 1. The molecule has 1 atom stereocenters. The summed E-state index contributed by atoms with van der Waals surface area (Å²) in [6, 6.07) is 4.01. The van der Waals surface area contributed by atoms with Crippen molar-refractivity contribution in [1.82, 2.24) is 4.90 Å². The number of piperazine rings is 1. The van der Waals surface area contributed by atoms with Crippen molar-refractivity contribution >= 4 is 11.7 Å². The molecule has 23 heavy (non-hydrogen) atoms. The third-order valence-electron chi connectivity index (χ3n) is 4.60. The van der Waals surface area contributed by atoms with Crippen LogP contribution in [0.4, 0.5) is 5.69 Å². The second-order valence-electron chi connectivity index (χ2n) is 6.09. The SMILES string of the molecule is COC(=O)C1CCc2cc(OC)cc(N3CCN(C)CC3)c2O1. The van der Waals surface area contributed by atoms with Crippen molar-refractivity contribution < 1.29 is 19.0 Å². The number of carbonyl (C=O) groups is 1. The molecule has 2 heterocycles. The predicted octanol–water partition coefficient (Wildman–Crippen LogP) is 1.31. The van der Waals surface area contributed by atoms with E-state index in [1.807, 2.05) is 12.1 Å². The zero-order valence-electron chi connectivity index (χ0n) is 14.0. The van der Waals surface area contributed by atoms with Gasteiger partial charge in [-0.1, -0.05) is 0 Å². The topological polar surface area (TPSA) is 51.2 Å². The van der Waals surface area contributed by atoms with Gasteiger partial charge in [0.2, 0.25) is 0 Å². The number of rotatable bonds is 3. The minimum absolute atomic E-state index is 0.309. The van der Waals surface area contributed by atoms with Crippen LogP contribution in [0.15, 0.2) is 12.1 Å². The first-order valence-electron chi connectivity index (χ1n) is 8.01. The predicted molar refractivity (Wildman–Crippen MR) is 87.5 cm³/mol. The van der Waals surface area contributed by atoms with Gasteiger partial charge in [-0.15, -0.1) is 0 Å². The minimum atomic E-state index is -0.521. The molecule has 0 saturated carbocycles. The van der Waals surface area contributed by atoms with E-state index < -0.39 is 6.10 Å². The third-order valence-corrected chi connectivity index (χ3v) is 4.60. The number of ether oxygens (including phenoxy) is 3. The average molecular weight is 320 g/mol. The second-order valence-corrected chi connectivity index (χ2v) is 6.09. The first-order valence-corrected chi connectivity index (χ1v) is 8.01. The van der Waals surface area contributed by atoms with E-state index in [2.05, 4.69) is 16.8 Å². The number of fused-ring (bicyclic) bond motifs is 1. The molecule has 126 valence electrons. The van der Waals surface area contributed by atoms with Crippen molar-refractivity contribution in [3.8, 4) is 11.5 Å². The first kappa shape index (κ1) is 15.9. The molecule has 1 aromatic rings. The lowest BCUT2D eigenvalue weighted by Gasteiger charge is -2.37. The quantitative estimate of drug-likeness (QED) is 0.783. The zero-order chi connectivity index (χ0) is 16.4. The summed E-state index contributed by atoms with van der Waals surface area (Å²) in [5, 5.41) is 0. The minimum Gasteiger partial charge on any atom is -0.497 e. The molecule has 1 unspecified atom stereocenters. The Bertz CT molecular complexity index is 582. The monoisotopic (exact) mass is 320 g/mol. The van der Waals surface area contributed by atoms with Crippen LogP contribution in [0.1, 0.15) is 12.0 Å². The van der Waals surface area contributed by atoms with E-state index in [0.29, 0.717) is 6.42 Å². The summed E-state index contributed by atoms with van der Waals surface area (Å²) >= 11 is 0. The Hall–Kier alpha value is -1.95. The summed E-state index contributed by atoms with van der Waals surface area (Å²) in [5.74, 6) is 1.32. The fourth-order valence-electron chi connectivity index (χ4n) is 3.15. The standard InChI is InChI=1S/C17H24N2O4/c1-18-6-8-19(9-7-18)14-11-13(21-2)10-12-4-5-15(17(20)22-3)23-16(12)14/h10-11,15H,4-9H2,1-3H3. The summed E-state index contributed by atoms with van der Waals surface area (Å²) in [4.78, 5) is 16.5. The van der Waals surface area contributed by atoms with Gasteiger partial charge in [0.25, 0.3) is 0 Å². The molecular weight excluding hydrogens is 296 g/mol. The van der Waals surface area contributed by atoms with Gasteiger partial charge in [0.05, 0.1) is 19.9 Å². The van der Waals surface area contributed by atoms with Gasteiger partial charge < -0.3 is 24.0 Å². The van der Waals surface area contributed by atoms with Crippen molar-refractivity contribution in [2.45, 2.75) is 18.9 Å². The van der Waals surface area contributed by atoms with Gasteiger partial charge >= 0.3 is 5.97 Å². The lowest BCUT2D eigenvalue weighted by atomic mass is 10.00. The number of aryl methyl sites for hydroxylation is 1. The highest BCUT2D eigenvalue weighted by Gasteiger charge is 2.31. The summed E-state index contributed by atoms with van der Waals surface area (Å²) in [6.07, 6.45) is 0.898. The molecule has 0 amide bonds. The van der Waals surface area contributed by atoms with Crippen LogP contribution in [-0.2, 0) is 16.0 Å². The Labute approximate surface area is 136 Å². The Morgan fingerprint density at radius 1 is 1.22 bits per heavy atom. The summed E-state index contributed by atoms with van der Waals surface area (Å²) < 4.78 is 16.3. The van der Waals surface area contributed by atoms with Gasteiger partial charge in [-0.3, -0.25) is 0 Å². The van der Waals surface area contributed by atoms with E-state index in [4.69, 9.17) is 14.2 Å². The molecular formula is C17H24N2O4. The Morgan fingerprint density at radius 3 is 2.61 bits per heavy atom. The average Bonchev–Trinajstić information content (AvgIpc) is 2.60. The van der Waals surface area contributed by atoms with Crippen LogP contribution in [0.3, 0.4) is 0 Å². The van der Waals surface area contributed by atoms with Crippen molar-refractivity contribution in [2.24, 2.45) is 0 Å². The number of hydrogen-bond donors (Lipinski definition) is 0. The maximum atomic E-state index is 11.8. The van der Waals surface area contributed by atoms with Gasteiger partial charge in [0.15, 0.2) is 6.10 Å². The van der Waals surface area contributed by atoms with Crippen LogP contribution >= 0.6 is 0 Å². The number of nitrogens with zero attached hydrogens (tertiary/aromatic N) is 2. The molecule has 6 nitrogen and oxygen atoms in total. The number of anilines is 1. The van der Waals surface area contributed by atoms with Gasteiger partial charge in [0.1, 0.15) is 11.5 Å². The van der Waals surface area contributed by atoms with Crippen molar-refractivity contribution in [1.29, 1.82) is 0 Å². The Morgan fingerprint density at radius 2 is 1.96 bits per heavy atom. The van der Waals surface area contributed by atoms with Gasteiger partial charge in [-0.25, -0.2) is 4.79 Å². The molecule has 2 aliphatic heterocycles. The summed E-state index contributed by atoms with van der Waals surface area (Å²) in [7, 11) is 5.20. The zero-order valence-corrected chi connectivity index (χ0v) is 14.0. The molecule has 2 aliphatic rings. The summed E-state index contributed by atoms with van der Waals surface area (Å²) in [5.41, 5.74) is 2.11. The van der Waals surface area contributed by atoms with Crippen LogP contribution in [0.25, 0.3) is 0 Å². The number of hydrogen-bond acceptors (Lipinski definition) is 6. The molecule has 6 heteroatoms. The van der Waals surface area contributed by atoms with Crippen LogP contribution in [0.5, 0.6) is 11.5 Å². The molecule has 0 radical (unpaired) electrons. The van der Waals surface area contributed by atoms with E-state index in [0.717, 1.165) is 55.3 Å². The molecule has 0 N–H and O–H groups in total. The number of likely N-dealkylation sites (N-methyl/N-ethyl adjacent to an activating group) is 1. The van der Waals surface area contributed by atoms with E-state index in [-0.39, 0.29) is 5.97 Å². The van der Waals surface area contributed by atoms with E-state index in [1.54, 1.807) is 7.11 Å². The van der Waals surface area contributed by atoms with E-state index in [9.17, 15) is 4.79 Å². The molecule has 0 spiro atoms. The lowest BCUT2D eigenvalue weighted by Crippen LogP contribution is -2.45. The van der Waals surface area contributed by atoms with Gasteiger partial charge in [0, 0.05) is 37.8 Å². The number of carbonyl (C=O) groups excluding carboxylic acids is 1.